The molecule has 8 nitrogen and oxygen atoms in total. The van der Waals surface area contributed by atoms with E-state index in [-0.39, 0.29) is 18.9 Å². The first kappa shape index (κ1) is 25.0. The van der Waals surface area contributed by atoms with Crippen LogP contribution >= 0.6 is 11.6 Å². The van der Waals surface area contributed by atoms with E-state index in [2.05, 4.69) is 10.6 Å². The molecule has 0 saturated heterocycles. The largest absolute Gasteiger partial charge is 0.495 e. The lowest BCUT2D eigenvalue weighted by Gasteiger charge is -2.24. The number of benzene rings is 2. The minimum Gasteiger partial charge on any atom is -0.495 e. The Kier molecular flexibility index (Phi) is 9.34. The maximum Gasteiger partial charge on any atom is 0.408 e. The average molecular weight is 462 g/mol. The molecule has 2 rings (SSSR count). The van der Waals surface area contributed by atoms with E-state index in [4.69, 9.17) is 26.8 Å². The predicted molar refractivity (Wildman–Crippen MR) is 121 cm³/mol. The highest BCUT2D eigenvalue weighted by atomic mass is 35.5. The van der Waals surface area contributed by atoms with Crippen LogP contribution in [0.4, 0.5) is 4.79 Å². The van der Waals surface area contributed by atoms with Crippen LogP contribution in [0.3, 0.4) is 0 Å². The number of ether oxygens (including phenoxy) is 2. The van der Waals surface area contributed by atoms with Crippen molar-refractivity contribution in [2.45, 2.75) is 39.0 Å². The molecule has 2 atom stereocenters. The molecule has 0 spiro atoms. The fourth-order valence-electron chi connectivity index (χ4n) is 2.98. The van der Waals surface area contributed by atoms with Crippen molar-refractivity contribution in [3.63, 3.8) is 0 Å². The summed E-state index contributed by atoms with van der Waals surface area (Å²) in [6.07, 6.45) is -0.603. The molecule has 0 radical (unpaired) electrons. The molecule has 172 valence electrons. The molecule has 4 N–H and O–H groups in total. The fraction of sp³-hybridized carbons (Fsp3) is 0.348. The van der Waals surface area contributed by atoms with E-state index in [0.717, 1.165) is 5.56 Å². The van der Waals surface area contributed by atoms with Crippen LogP contribution in [0.2, 0.25) is 5.02 Å². The van der Waals surface area contributed by atoms with E-state index in [1.807, 2.05) is 30.3 Å². The number of halogens is 1. The van der Waals surface area contributed by atoms with Crippen LogP contribution in [0, 0.1) is 5.92 Å². The Morgan fingerprint density at radius 2 is 1.72 bits per heavy atom. The smallest absolute Gasteiger partial charge is 0.408 e. The van der Waals surface area contributed by atoms with Gasteiger partial charge in [-0.05, 0) is 29.2 Å². The third-order valence-electron chi connectivity index (χ3n) is 4.75. The zero-order chi connectivity index (χ0) is 23.7. The van der Waals surface area contributed by atoms with Gasteiger partial charge in [0.1, 0.15) is 24.4 Å². The molecule has 0 bridgehead atoms. The number of amides is 3. The predicted octanol–water partition coefficient (Wildman–Crippen LogP) is 2.81. The second kappa shape index (κ2) is 12.0. The van der Waals surface area contributed by atoms with Gasteiger partial charge < -0.3 is 25.8 Å². The molecule has 32 heavy (non-hydrogen) atoms. The Balaban J connectivity index is 2.01. The highest BCUT2D eigenvalue weighted by Crippen LogP contribution is 2.25. The van der Waals surface area contributed by atoms with Crippen LogP contribution in [0.1, 0.15) is 25.0 Å². The normalized spacial score (nSPS) is 12.5. The average Bonchev–Trinajstić information content (AvgIpc) is 2.76. The molecule has 0 aliphatic carbocycles. The highest BCUT2D eigenvalue weighted by Gasteiger charge is 2.28. The Hall–Kier alpha value is -3.26. The third-order valence-corrected chi connectivity index (χ3v) is 5.05. The summed E-state index contributed by atoms with van der Waals surface area (Å²) in [5, 5.41) is 5.55. The highest BCUT2D eigenvalue weighted by molar-refractivity contribution is 6.32. The quantitative estimate of drug-likeness (QED) is 0.502. The number of nitrogens with two attached hydrogens (primary N) is 1. The summed E-state index contributed by atoms with van der Waals surface area (Å²) < 4.78 is 10.3. The molecule has 0 fully saturated rings. The van der Waals surface area contributed by atoms with Crippen molar-refractivity contribution < 1.29 is 23.9 Å². The third kappa shape index (κ3) is 7.46. The SMILES string of the molecule is COc1ccc(C[C@@H](NC(=O)[C@H](NC(=O)OCc2ccccc2)C(C)C)C(N)=O)cc1Cl. The lowest BCUT2D eigenvalue weighted by atomic mass is 10.0. The summed E-state index contributed by atoms with van der Waals surface area (Å²) in [5.74, 6) is -1.02. The van der Waals surface area contributed by atoms with Crippen LogP contribution in [-0.4, -0.2) is 37.1 Å². The molecule has 0 aliphatic rings. The van der Waals surface area contributed by atoms with Gasteiger partial charge in [0.05, 0.1) is 12.1 Å². The van der Waals surface area contributed by atoms with Gasteiger partial charge in [-0.15, -0.1) is 0 Å². The second-order valence-corrected chi connectivity index (χ2v) is 7.97. The lowest BCUT2D eigenvalue weighted by Crippen LogP contribution is -2.55. The fourth-order valence-corrected chi connectivity index (χ4v) is 3.26. The first-order valence-electron chi connectivity index (χ1n) is 10.1. The number of carbonyl (C=O) groups excluding carboxylic acids is 3. The number of nitrogens with one attached hydrogen (secondary N) is 2. The molecule has 2 aromatic carbocycles. The summed E-state index contributed by atoms with van der Waals surface area (Å²) in [7, 11) is 1.50. The zero-order valence-electron chi connectivity index (χ0n) is 18.3. The Morgan fingerprint density at radius 1 is 1.03 bits per heavy atom. The molecule has 0 heterocycles. The van der Waals surface area contributed by atoms with Gasteiger partial charge in [-0.1, -0.05) is 61.8 Å². The van der Waals surface area contributed by atoms with E-state index >= 15 is 0 Å². The van der Waals surface area contributed by atoms with Crippen molar-refractivity contribution in [2.75, 3.05) is 7.11 Å². The summed E-state index contributed by atoms with van der Waals surface area (Å²) in [4.78, 5) is 37.0. The van der Waals surface area contributed by atoms with Gasteiger partial charge in [0.2, 0.25) is 11.8 Å². The Morgan fingerprint density at radius 3 is 2.28 bits per heavy atom. The Bertz CT molecular complexity index is 936. The molecule has 0 aromatic heterocycles. The number of hydrogen-bond donors (Lipinski definition) is 3. The Labute approximate surface area is 192 Å². The monoisotopic (exact) mass is 461 g/mol. The maximum absolute atomic E-state index is 12.8. The second-order valence-electron chi connectivity index (χ2n) is 7.56. The topological polar surface area (TPSA) is 120 Å². The van der Waals surface area contributed by atoms with E-state index in [0.29, 0.717) is 16.3 Å². The number of alkyl carbamates (subject to hydrolysis) is 1. The van der Waals surface area contributed by atoms with Gasteiger partial charge in [-0.3, -0.25) is 9.59 Å². The van der Waals surface area contributed by atoms with Crippen LogP contribution in [0.15, 0.2) is 48.5 Å². The van der Waals surface area contributed by atoms with Crippen LogP contribution in [-0.2, 0) is 27.4 Å². The lowest BCUT2D eigenvalue weighted by molar-refractivity contribution is -0.129. The molecular weight excluding hydrogens is 434 g/mol. The standard InChI is InChI=1S/C23H28ClN3O5/c1-14(2)20(27-23(30)32-13-15-7-5-4-6-8-15)22(29)26-18(21(25)28)12-16-9-10-19(31-3)17(24)11-16/h4-11,14,18,20H,12-13H2,1-3H3,(H2,25,28)(H,26,29)(H,27,30)/t18-,20-/m1/s1. The number of hydrogen-bond acceptors (Lipinski definition) is 5. The first-order chi connectivity index (χ1) is 15.2. The summed E-state index contributed by atoms with van der Waals surface area (Å²) >= 11 is 6.13. The first-order valence-corrected chi connectivity index (χ1v) is 10.5. The van der Waals surface area contributed by atoms with Crippen LogP contribution in [0.25, 0.3) is 0 Å². The molecular formula is C23H28ClN3O5. The van der Waals surface area contributed by atoms with E-state index in [1.54, 1.807) is 32.0 Å². The van der Waals surface area contributed by atoms with Crippen molar-refractivity contribution in [3.05, 3.63) is 64.7 Å². The molecule has 2 aromatic rings. The van der Waals surface area contributed by atoms with Crippen molar-refractivity contribution in [3.8, 4) is 5.75 Å². The summed E-state index contributed by atoms with van der Waals surface area (Å²) in [6.45, 7) is 3.61. The number of rotatable bonds is 10. The van der Waals surface area contributed by atoms with Crippen LogP contribution < -0.4 is 21.1 Å². The minimum atomic E-state index is -0.990. The van der Waals surface area contributed by atoms with Gasteiger partial charge >= 0.3 is 6.09 Å². The molecule has 3 amide bonds. The summed E-state index contributed by atoms with van der Waals surface area (Å²) in [6, 6.07) is 12.3. The van der Waals surface area contributed by atoms with Gasteiger partial charge in [-0.25, -0.2) is 4.79 Å². The molecule has 0 saturated carbocycles. The van der Waals surface area contributed by atoms with Crippen LogP contribution in [0.5, 0.6) is 5.75 Å². The summed E-state index contributed by atoms with van der Waals surface area (Å²) in [5.41, 5.74) is 7.00. The van der Waals surface area contributed by atoms with Crippen molar-refractivity contribution in [2.24, 2.45) is 11.7 Å². The number of methoxy groups -OCH3 is 1. The van der Waals surface area contributed by atoms with Crippen molar-refractivity contribution in [1.29, 1.82) is 0 Å². The van der Waals surface area contributed by atoms with Gasteiger partial charge in [0.25, 0.3) is 0 Å². The van der Waals surface area contributed by atoms with Gasteiger partial charge in [0, 0.05) is 6.42 Å². The zero-order valence-corrected chi connectivity index (χ0v) is 19.0. The maximum atomic E-state index is 12.8. The van der Waals surface area contributed by atoms with E-state index in [9.17, 15) is 14.4 Å². The number of primary amides is 1. The van der Waals surface area contributed by atoms with E-state index in [1.165, 1.54) is 7.11 Å². The van der Waals surface area contributed by atoms with E-state index < -0.39 is 30.0 Å². The van der Waals surface area contributed by atoms with Crippen molar-refractivity contribution in [1.82, 2.24) is 10.6 Å². The molecule has 0 aliphatic heterocycles. The van der Waals surface area contributed by atoms with Gasteiger partial charge in [-0.2, -0.15) is 0 Å². The minimum absolute atomic E-state index is 0.0707. The van der Waals surface area contributed by atoms with Gasteiger partial charge in [0.15, 0.2) is 0 Å². The van der Waals surface area contributed by atoms with Crippen molar-refractivity contribution >= 4 is 29.5 Å². The number of carbonyl (C=O) groups is 3. The molecule has 9 heteroatoms. The molecule has 0 unspecified atom stereocenters.